The summed E-state index contributed by atoms with van der Waals surface area (Å²) in [5.74, 6) is -0.201. The van der Waals surface area contributed by atoms with Crippen LogP contribution in [0, 0.1) is 6.07 Å². The molecular weight excluding hydrogens is 241 g/mol. The van der Waals surface area contributed by atoms with Crippen LogP contribution in [0.5, 0.6) is 5.75 Å². The SMILES string of the molecule is FC(F)(F)Oc1ccc(Cc2cc[c]cc2)cc1. The molecule has 0 saturated carbocycles. The summed E-state index contributed by atoms with van der Waals surface area (Å²) in [7, 11) is 0. The first-order valence-corrected chi connectivity index (χ1v) is 5.33. The van der Waals surface area contributed by atoms with Gasteiger partial charge in [0.25, 0.3) is 0 Å². The van der Waals surface area contributed by atoms with Gasteiger partial charge in [-0.25, -0.2) is 0 Å². The van der Waals surface area contributed by atoms with Crippen molar-refractivity contribution < 1.29 is 17.9 Å². The molecule has 0 unspecified atom stereocenters. The third kappa shape index (κ3) is 3.80. The summed E-state index contributed by atoms with van der Waals surface area (Å²) < 4.78 is 39.7. The predicted octanol–water partition coefficient (Wildman–Crippen LogP) is 3.98. The minimum absolute atomic E-state index is 0.201. The maximum Gasteiger partial charge on any atom is 0.573 e. The maximum atomic E-state index is 12.0. The highest BCUT2D eigenvalue weighted by atomic mass is 19.4. The molecule has 2 rings (SSSR count). The van der Waals surface area contributed by atoms with Crippen LogP contribution in [0.4, 0.5) is 13.2 Å². The summed E-state index contributed by atoms with van der Waals surface area (Å²) in [4.78, 5) is 0. The van der Waals surface area contributed by atoms with Crippen LogP contribution in [0.3, 0.4) is 0 Å². The Bertz CT molecular complexity index is 489. The summed E-state index contributed by atoms with van der Waals surface area (Å²) in [6, 6.07) is 16.2. The minimum atomic E-state index is -4.64. The average molecular weight is 251 g/mol. The number of rotatable bonds is 3. The monoisotopic (exact) mass is 251 g/mol. The van der Waals surface area contributed by atoms with Crippen molar-refractivity contribution in [3.8, 4) is 5.75 Å². The lowest BCUT2D eigenvalue weighted by molar-refractivity contribution is -0.274. The van der Waals surface area contributed by atoms with Gasteiger partial charge in [-0.2, -0.15) is 0 Å². The molecular formula is C14H10F3O. The quantitative estimate of drug-likeness (QED) is 0.801. The summed E-state index contributed by atoms with van der Waals surface area (Å²) in [5, 5.41) is 0. The van der Waals surface area contributed by atoms with Crippen LogP contribution in [0.15, 0.2) is 48.5 Å². The highest BCUT2D eigenvalue weighted by molar-refractivity contribution is 5.31. The third-order valence-corrected chi connectivity index (χ3v) is 2.35. The zero-order valence-corrected chi connectivity index (χ0v) is 9.37. The van der Waals surface area contributed by atoms with Gasteiger partial charge in [-0.3, -0.25) is 0 Å². The largest absolute Gasteiger partial charge is 0.573 e. The van der Waals surface area contributed by atoms with Gasteiger partial charge >= 0.3 is 6.36 Å². The third-order valence-electron chi connectivity index (χ3n) is 2.35. The van der Waals surface area contributed by atoms with Crippen molar-refractivity contribution in [2.45, 2.75) is 12.8 Å². The molecule has 0 N–H and O–H groups in total. The molecule has 0 heterocycles. The average Bonchev–Trinajstić information content (AvgIpc) is 2.31. The molecule has 93 valence electrons. The molecule has 0 bridgehead atoms. The van der Waals surface area contributed by atoms with Gasteiger partial charge in [-0.1, -0.05) is 36.4 Å². The first-order chi connectivity index (χ1) is 8.53. The van der Waals surface area contributed by atoms with E-state index in [2.05, 4.69) is 10.8 Å². The fourth-order valence-corrected chi connectivity index (χ4v) is 1.58. The second-order valence-corrected chi connectivity index (χ2v) is 3.78. The van der Waals surface area contributed by atoms with Crippen LogP contribution >= 0.6 is 0 Å². The Labute approximate surface area is 103 Å². The summed E-state index contributed by atoms with van der Waals surface area (Å²) in [6.45, 7) is 0. The van der Waals surface area contributed by atoms with E-state index in [1.807, 2.05) is 12.1 Å². The second-order valence-electron chi connectivity index (χ2n) is 3.78. The van der Waals surface area contributed by atoms with Gasteiger partial charge in [0, 0.05) is 0 Å². The van der Waals surface area contributed by atoms with Crippen molar-refractivity contribution in [1.29, 1.82) is 0 Å². The highest BCUT2D eigenvalue weighted by Crippen LogP contribution is 2.23. The lowest BCUT2D eigenvalue weighted by Crippen LogP contribution is -2.17. The van der Waals surface area contributed by atoms with Crippen molar-refractivity contribution >= 4 is 0 Å². The highest BCUT2D eigenvalue weighted by Gasteiger charge is 2.30. The molecule has 0 aromatic heterocycles. The molecule has 0 amide bonds. The fourth-order valence-electron chi connectivity index (χ4n) is 1.58. The van der Waals surface area contributed by atoms with Gasteiger partial charge in [0.1, 0.15) is 5.75 Å². The van der Waals surface area contributed by atoms with Gasteiger partial charge in [0.2, 0.25) is 0 Å². The molecule has 0 aliphatic rings. The lowest BCUT2D eigenvalue weighted by Gasteiger charge is -2.09. The van der Waals surface area contributed by atoms with E-state index in [0.717, 1.165) is 11.1 Å². The Balaban J connectivity index is 2.04. The van der Waals surface area contributed by atoms with Crippen LogP contribution < -0.4 is 4.74 Å². The predicted molar refractivity (Wildman–Crippen MR) is 61.2 cm³/mol. The standard InChI is InChI=1S/C14H10F3O/c15-14(16,17)18-13-8-6-12(7-9-13)10-11-4-2-1-3-5-11/h2-9H,10H2. The molecule has 1 radical (unpaired) electrons. The summed E-state index contributed by atoms with van der Waals surface area (Å²) in [5.41, 5.74) is 2.01. The van der Waals surface area contributed by atoms with E-state index < -0.39 is 6.36 Å². The zero-order valence-electron chi connectivity index (χ0n) is 9.37. The Morgan fingerprint density at radius 1 is 0.889 bits per heavy atom. The molecule has 0 aliphatic heterocycles. The lowest BCUT2D eigenvalue weighted by atomic mass is 10.1. The van der Waals surface area contributed by atoms with E-state index >= 15 is 0 Å². The van der Waals surface area contributed by atoms with Gasteiger partial charge in [0.05, 0.1) is 0 Å². The molecule has 2 aromatic rings. The Morgan fingerprint density at radius 2 is 1.44 bits per heavy atom. The first-order valence-electron chi connectivity index (χ1n) is 5.33. The van der Waals surface area contributed by atoms with Crippen molar-refractivity contribution in [1.82, 2.24) is 0 Å². The molecule has 0 spiro atoms. The van der Waals surface area contributed by atoms with E-state index in [1.54, 1.807) is 24.3 Å². The molecule has 1 nitrogen and oxygen atoms in total. The topological polar surface area (TPSA) is 9.23 Å². The van der Waals surface area contributed by atoms with Gasteiger partial charge < -0.3 is 4.74 Å². The minimum Gasteiger partial charge on any atom is -0.406 e. The van der Waals surface area contributed by atoms with E-state index in [0.29, 0.717) is 6.42 Å². The Kier molecular flexibility index (Phi) is 3.55. The molecule has 0 fully saturated rings. The first kappa shape index (κ1) is 12.5. The second kappa shape index (κ2) is 5.12. The Hall–Kier alpha value is -1.97. The zero-order chi connectivity index (χ0) is 13.0. The normalized spacial score (nSPS) is 11.3. The number of alkyl halides is 3. The van der Waals surface area contributed by atoms with Crippen molar-refractivity contribution in [2.24, 2.45) is 0 Å². The number of hydrogen-bond donors (Lipinski definition) is 0. The number of hydrogen-bond acceptors (Lipinski definition) is 1. The van der Waals surface area contributed by atoms with Crippen LogP contribution in [0.2, 0.25) is 0 Å². The molecule has 0 aliphatic carbocycles. The molecule has 18 heavy (non-hydrogen) atoms. The molecule has 4 heteroatoms. The van der Waals surface area contributed by atoms with Crippen LogP contribution in [0.25, 0.3) is 0 Å². The summed E-state index contributed by atoms with van der Waals surface area (Å²) >= 11 is 0. The fraction of sp³-hybridized carbons (Fsp3) is 0.143. The molecule has 2 aromatic carbocycles. The maximum absolute atomic E-state index is 12.0. The van der Waals surface area contributed by atoms with Gasteiger partial charge in [-0.05, 0) is 35.7 Å². The van der Waals surface area contributed by atoms with Crippen LogP contribution in [-0.4, -0.2) is 6.36 Å². The number of benzene rings is 2. The van der Waals surface area contributed by atoms with E-state index in [1.165, 1.54) is 12.1 Å². The van der Waals surface area contributed by atoms with E-state index in [-0.39, 0.29) is 5.75 Å². The smallest absolute Gasteiger partial charge is 0.406 e. The molecule has 0 saturated heterocycles. The van der Waals surface area contributed by atoms with Gasteiger partial charge in [0.15, 0.2) is 0 Å². The van der Waals surface area contributed by atoms with Crippen LogP contribution in [-0.2, 0) is 6.42 Å². The number of ether oxygens (including phenoxy) is 1. The van der Waals surface area contributed by atoms with E-state index in [4.69, 9.17) is 0 Å². The number of halogens is 3. The van der Waals surface area contributed by atoms with Crippen molar-refractivity contribution in [3.05, 3.63) is 65.7 Å². The Morgan fingerprint density at radius 3 is 2.00 bits per heavy atom. The van der Waals surface area contributed by atoms with Crippen molar-refractivity contribution in [2.75, 3.05) is 0 Å². The van der Waals surface area contributed by atoms with Gasteiger partial charge in [-0.15, -0.1) is 13.2 Å². The molecule has 0 atom stereocenters. The van der Waals surface area contributed by atoms with E-state index in [9.17, 15) is 13.2 Å². The van der Waals surface area contributed by atoms with Crippen LogP contribution in [0.1, 0.15) is 11.1 Å². The summed E-state index contributed by atoms with van der Waals surface area (Å²) in [6.07, 6.45) is -3.97. The van der Waals surface area contributed by atoms with Crippen molar-refractivity contribution in [3.63, 3.8) is 0 Å².